The van der Waals surface area contributed by atoms with Crippen LogP contribution in [0, 0.1) is 11.8 Å². The van der Waals surface area contributed by atoms with Gasteiger partial charge in [-0.15, -0.1) is 0 Å². The first kappa shape index (κ1) is 20.0. The fourth-order valence-corrected chi connectivity index (χ4v) is 4.61. The maximum Gasteiger partial charge on any atom is 0.116 e. The number of benzene rings is 1. The van der Waals surface area contributed by atoms with Crippen LogP contribution in [0.2, 0.25) is 0 Å². The van der Waals surface area contributed by atoms with E-state index in [0.29, 0.717) is 0 Å². The van der Waals surface area contributed by atoms with Crippen molar-refractivity contribution in [1.29, 1.82) is 0 Å². The fraction of sp³-hybridized carbons (Fsp3) is 0.600. The normalized spacial score (nSPS) is 19.9. The zero-order valence-electron chi connectivity index (χ0n) is 17.3. The molecule has 1 saturated carbocycles. The van der Waals surface area contributed by atoms with Gasteiger partial charge < -0.3 is 0 Å². The average molecular weight is 365 g/mol. The highest BCUT2D eigenvalue weighted by molar-refractivity contribution is 5.66. The molecule has 0 radical (unpaired) electrons. The molecule has 27 heavy (non-hydrogen) atoms. The molecule has 2 aromatic rings. The maximum absolute atomic E-state index is 4.72. The van der Waals surface area contributed by atoms with Crippen LogP contribution in [0.3, 0.4) is 0 Å². The van der Waals surface area contributed by atoms with Gasteiger partial charge in [0.2, 0.25) is 0 Å². The molecule has 1 aromatic heterocycles. The molecule has 2 heteroatoms. The first-order chi connectivity index (χ1) is 13.3. The molecule has 0 bridgehead atoms. The monoisotopic (exact) mass is 364 g/mol. The van der Waals surface area contributed by atoms with Crippen LogP contribution in [-0.2, 0) is 12.8 Å². The highest BCUT2D eigenvalue weighted by Crippen LogP contribution is 2.34. The Morgan fingerprint density at radius 3 is 2.44 bits per heavy atom. The second-order valence-corrected chi connectivity index (χ2v) is 8.34. The zero-order valence-corrected chi connectivity index (χ0v) is 17.3. The van der Waals surface area contributed by atoms with Crippen LogP contribution in [0.25, 0.3) is 11.3 Å². The molecule has 1 fully saturated rings. The number of rotatable bonds is 9. The predicted molar refractivity (Wildman–Crippen MR) is 115 cm³/mol. The number of nitrogens with zero attached hydrogens (tertiary/aromatic N) is 2. The summed E-state index contributed by atoms with van der Waals surface area (Å²) in [7, 11) is 0. The predicted octanol–water partition coefficient (Wildman–Crippen LogP) is 7.03. The van der Waals surface area contributed by atoms with Crippen LogP contribution in [0.5, 0.6) is 0 Å². The van der Waals surface area contributed by atoms with E-state index in [1.54, 1.807) is 6.33 Å². The quantitative estimate of drug-likeness (QED) is 0.446. The Morgan fingerprint density at radius 1 is 0.889 bits per heavy atom. The molecule has 1 aliphatic carbocycles. The summed E-state index contributed by atoms with van der Waals surface area (Å²) in [6.45, 7) is 4.61. The van der Waals surface area contributed by atoms with Crippen LogP contribution in [-0.4, -0.2) is 9.97 Å². The van der Waals surface area contributed by atoms with E-state index in [1.165, 1.54) is 80.2 Å². The fourth-order valence-electron chi connectivity index (χ4n) is 4.61. The Morgan fingerprint density at radius 2 is 1.67 bits per heavy atom. The molecule has 1 aromatic carbocycles. The number of aryl methyl sites for hydroxylation is 2. The smallest absolute Gasteiger partial charge is 0.116 e. The van der Waals surface area contributed by atoms with Gasteiger partial charge in [0.15, 0.2) is 0 Å². The van der Waals surface area contributed by atoms with E-state index < -0.39 is 0 Å². The lowest BCUT2D eigenvalue weighted by atomic mass is 9.78. The molecule has 146 valence electrons. The summed E-state index contributed by atoms with van der Waals surface area (Å²) in [6, 6.07) is 8.84. The molecule has 1 aliphatic rings. The van der Waals surface area contributed by atoms with Crippen molar-refractivity contribution in [3.05, 3.63) is 47.9 Å². The maximum atomic E-state index is 4.72. The minimum absolute atomic E-state index is 0.889. The first-order valence-corrected chi connectivity index (χ1v) is 11.2. The van der Waals surface area contributed by atoms with Crippen LogP contribution in [0.1, 0.15) is 82.8 Å². The van der Waals surface area contributed by atoms with Crippen LogP contribution in [0.4, 0.5) is 0 Å². The molecule has 0 atom stereocenters. The summed E-state index contributed by atoms with van der Waals surface area (Å²) >= 11 is 0. The Labute approximate surface area is 165 Å². The molecule has 0 saturated heterocycles. The largest absolute Gasteiger partial charge is 0.244 e. The van der Waals surface area contributed by atoms with E-state index >= 15 is 0 Å². The van der Waals surface area contributed by atoms with Crippen molar-refractivity contribution in [3.8, 4) is 11.3 Å². The second-order valence-electron chi connectivity index (χ2n) is 8.34. The van der Waals surface area contributed by atoms with Gasteiger partial charge >= 0.3 is 0 Å². The molecule has 0 N–H and O–H groups in total. The number of unbranched alkanes of at least 4 members (excludes halogenated alkanes) is 2. The van der Waals surface area contributed by atoms with Crippen molar-refractivity contribution in [2.75, 3.05) is 0 Å². The van der Waals surface area contributed by atoms with Crippen molar-refractivity contribution in [2.24, 2.45) is 11.8 Å². The Bertz CT molecular complexity index is 686. The standard InChI is InChI=1S/C25H36N2/c1-3-5-6-9-22-10-7-8-11-24(22)25-23(18-26-19-27-25)17-16-21-14-12-20(4-2)13-15-21/h7-8,10-11,18-21H,3-6,9,12-17H2,1-2H3. The Balaban J connectivity index is 1.69. The van der Waals surface area contributed by atoms with E-state index in [0.717, 1.165) is 24.7 Å². The van der Waals surface area contributed by atoms with Gasteiger partial charge in [-0.25, -0.2) is 9.97 Å². The lowest BCUT2D eigenvalue weighted by Gasteiger charge is -2.27. The number of hydrogen-bond donors (Lipinski definition) is 0. The van der Waals surface area contributed by atoms with Crippen molar-refractivity contribution < 1.29 is 0 Å². The lowest BCUT2D eigenvalue weighted by Crippen LogP contribution is -2.14. The summed E-state index contributed by atoms with van der Waals surface area (Å²) in [5, 5.41) is 0. The SMILES string of the molecule is CCCCCc1ccccc1-c1ncncc1CCC1CCC(CC)CC1. The summed E-state index contributed by atoms with van der Waals surface area (Å²) in [5.74, 6) is 1.87. The first-order valence-electron chi connectivity index (χ1n) is 11.2. The summed E-state index contributed by atoms with van der Waals surface area (Å²) < 4.78 is 0. The second kappa shape index (κ2) is 10.6. The minimum Gasteiger partial charge on any atom is -0.244 e. The van der Waals surface area contributed by atoms with E-state index in [4.69, 9.17) is 4.98 Å². The van der Waals surface area contributed by atoms with Gasteiger partial charge in [-0.3, -0.25) is 0 Å². The van der Waals surface area contributed by atoms with Crippen molar-refractivity contribution in [3.63, 3.8) is 0 Å². The van der Waals surface area contributed by atoms with Gasteiger partial charge in [-0.2, -0.15) is 0 Å². The van der Waals surface area contributed by atoms with Gasteiger partial charge in [0.05, 0.1) is 5.69 Å². The molecule has 0 unspecified atom stereocenters. The third-order valence-corrected chi connectivity index (χ3v) is 6.48. The van der Waals surface area contributed by atoms with Crippen molar-refractivity contribution in [2.45, 2.75) is 84.5 Å². The highest BCUT2D eigenvalue weighted by Gasteiger charge is 2.20. The summed E-state index contributed by atoms with van der Waals surface area (Å²) in [4.78, 5) is 9.07. The summed E-state index contributed by atoms with van der Waals surface area (Å²) in [5.41, 5.74) is 5.26. The highest BCUT2D eigenvalue weighted by atomic mass is 14.8. The van der Waals surface area contributed by atoms with E-state index in [2.05, 4.69) is 49.3 Å². The van der Waals surface area contributed by atoms with E-state index in [1.807, 2.05) is 0 Å². The number of hydrogen-bond acceptors (Lipinski definition) is 2. The van der Waals surface area contributed by atoms with Crippen molar-refractivity contribution in [1.82, 2.24) is 9.97 Å². The van der Waals surface area contributed by atoms with Crippen LogP contribution >= 0.6 is 0 Å². The van der Waals surface area contributed by atoms with Gasteiger partial charge in [0.25, 0.3) is 0 Å². The van der Waals surface area contributed by atoms with Gasteiger partial charge in [-0.1, -0.05) is 83.1 Å². The van der Waals surface area contributed by atoms with Crippen LogP contribution in [0.15, 0.2) is 36.8 Å². The van der Waals surface area contributed by atoms with Gasteiger partial charge in [-0.05, 0) is 48.6 Å². The van der Waals surface area contributed by atoms with E-state index in [-0.39, 0.29) is 0 Å². The lowest BCUT2D eigenvalue weighted by molar-refractivity contribution is 0.259. The molecule has 2 nitrogen and oxygen atoms in total. The molecular formula is C25H36N2. The number of aromatic nitrogens is 2. The topological polar surface area (TPSA) is 25.8 Å². The van der Waals surface area contributed by atoms with E-state index in [9.17, 15) is 0 Å². The zero-order chi connectivity index (χ0) is 18.9. The Kier molecular flexibility index (Phi) is 7.86. The molecule has 0 spiro atoms. The molecule has 0 amide bonds. The molecule has 3 rings (SSSR count). The average Bonchev–Trinajstić information content (AvgIpc) is 2.73. The van der Waals surface area contributed by atoms with Gasteiger partial charge in [0.1, 0.15) is 6.33 Å². The minimum atomic E-state index is 0.889. The Hall–Kier alpha value is -1.70. The molecule has 1 heterocycles. The third-order valence-electron chi connectivity index (χ3n) is 6.48. The van der Waals surface area contributed by atoms with Crippen LogP contribution < -0.4 is 0 Å². The summed E-state index contributed by atoms with van der Waals surface area (Å²) in [6.07, 6.45) is 18.2. The van der Waals surface area contributed by atoms with Crippen molar-refractivity contribution >= 4 is 0 Å². The van der Waals surface area contributed by atoms with Gasteiger partial charge in [0, 0.05) is 11.8 Å². The third kappa shape index (κ3) is 5.64. The molecular weight excluding hydrogens is 328 g/mol. The molecule has 0 aliphatic heterocycles.